The number of amides is 1. The zero-order valence-electron chi connectivity index (χ0n) is 11.5. The molecule has 2 aromatic heterocycles. The Balaban J connectivity index is 1.91. The molecule has 120 valence electrons. The summed E-state index contributed by atoms with van der Waals surface area (Å²) >= 11 is 1.04. The van der Waals surface area contributed by atoms with Gasteiger partial charge in [-0.25, -0.2) is 4.39 Å². The first-order chi connectivity index (χ1) is 10.8. The molecule has 0 aliphatic rings. The summed E-state index contributed by atoms with van der Waals surface area (Å²) in [7, 11) is 0. The van der Waals surface area contributed by atoms with Crippen molar-refractivity contribution in [1.82, 2.24) is 15.2 Å². The van der Waals surface area contributed by atoms with Gasteiger partial charge in [-0.2, -0.15) is 18.2 Å². The summed E-state index contributed by atoms with van der Waals surface area (Å²) < 4.78 is 51.6. The number of aryl methyl sites for hydroxylation is 1. The van der Waals surface area contributed by atoms with E-state index in [0.717, 1.165) is 11.3 Å². The van der Waals surface area contributed by atoms with Crippen molar-refractivity contribution in [2.24, 2.45) is 0 Å². The van der Waals surface area contributed by atoms with Crippen LogP contribution in [0.2, 0.25) is 0 Å². The molecular formula is C13H8F4N4OS. The SMILES string of the molecule is Cc1c(C(=O)Nc2n[nH]c(C(F)(F)F)n2)sc2cccc(F)c12. The van der Waals surface area contributed by atoms with Crippen LogP contribution in [-0.4, -0.2) is 21.1 Å². The van der Waals surface area contributed by atoms with Crippen molar-refractivity contribution in [3.63, 3.8) is 0 Å². The maximum absolute atomic E-state index is 13.8. The quantitative estimate of drug-likeness (QED) is 0.696. The zero-order chi connectivity index (χ0) is 16.8. The molecule has 23 heavy (non-hydrogen) atoms. The molecule has 0 saturated carbocycles. The molecule has 3 aromatic rings. The Morgan fingerprint density at radius 3 is 2.70 bits per heavy atom. The number of fused-ring (bicyclic) bond motifs is 1. The Morgan fingerprint density at radius 1 is 1.35 bits per heavy atom. The molecular weight excluding hydrogens is 336 g/mol. The second-order valence-electron chi connectivity index (χ2n) is 4.63. The van der Waals surface area contributed by atoms with E-state index in [2.05, 4.69) is 15.4 Å². The topological polar surface area (TPSA) is 70.7 Å². The van der Waals surface area contributed by atoms with Crippen molar-refractivity contribution in [3.05, 3.63) is 40.3 Å². The van der Waals surface area contributed by atoms with E-state index in [1.165, 1.54) is 12.1 Å². The number of aromatic nitrogens is 3. The number of H-pyrrole nitrogens is 1. The molecule has 3 rings (SSSR count). The minimum Gasteiger partial charge on any atom is -0.288 e. The van der Waals surface area contributed by atoms with E-state index in [0.29, 0.717) is 15.6 Å². The number of aromatic amines is 1. The molecule has 0 radical (unpaired) electrons. The summed E-state index contributed by atoms with van der Waals surface area (Å²) in [6.45, 7) is 1.57. The molecule has 2 N–H and O–H groups in total. The molecule has 0 saturated heterocycles. The van der Waals surface area contributed by atoms with Crippen molar-refractivity contribution in [3.8, 4) is 0 Å². The van der Waals surface area contributed by atoms with E-state index < -0.39 is 29.7 Å². The largest absolute Gasteiger partial charge is 0.451 e. The Morgan fingerprint density at radius 2 is 2.09 bits per heavy atom. The average molecular weight is 344 g/mol. The number of hydrogen-bond donors (Lipinski definition) is 2. The molecule has 1 amide bonds. The number of anilines is 1. The van der Waals surface area contributed by atoms with Crippen LogP contribution in [0.4, 0.5) is 23.5 Å². The smallest absolute Gasteiger partial charge is 0.288 e. The number of nitrogens with one attached hydrogen (secondary N) is 2. The third kappa shape index (κ3) is 2.77. The predicted octanol–water partition coefficient (Wildman–Crippen LogP) is 3.74. The van der Waals surface area contributed by atoms with Gasteiger partial charge in [0, 0.05) is 10.1 Å². The van der Waals surface area contributed by atoms with Crippen molar-refractivity contribution in [2.75, 3.05) is 5.32 Å². The molecule has 1 aromatic carbocycles. The molecule has 0 aliphatic heterocycles. The Bertz CT molecular complexity index is 899. The van der Waals surface area contributed by atoms with Gasteiger partial charge in [-0.05, 0) is 24.6 Å². The molecule has 5 nitrogen and oxygen atoms in total. The standard InChI is InChI=1S/C13H8F4N4OS/c1-5-8-6(14)3-2-4-7(8)23-9(5)10(22)18-12-19-11(20-21-12)13(15,16)17/h2-4H,1H3,(H2,18,19,20,21,22). The molecule has 0 unspecified atom stereocenters. The predicted molar refractivity (Wildman–Crippen MR) is 75.9 cm³/mol. The second-order valence-corrected chi connectivity index (χ2v) is 5.68. The summed E-state index contributed by atoms with van der Waals surface area (Å²) in [5, 5.41) is 7.47. The van der Waals surface area contributed by atoms with Crippen molar-refractivity contribution in [1.29, 1.82) is 0 Å². The number of halogens is 4. The number of carbonyl (C=O) groups is 1. The van der Waals surface area contributed by atoms with Gasteiger partial charge in [0.1, 0.15) is 5.82 Å². The van der Waals surface area contributed by atoms with E-state index in [1.807, 2.05) is 0 Å². The monoisotopic (exact) mass is 344 g/mol. The van der Waals surface area contributed by atoms with Crippen LogP contribution in [0.3, 0.4) is 0 Å². The van der Waals surface area contributed by atoms with Crippen molar-refractivity contribution >= 4 is 33.3 Å². The average Bonchev–Trinajstić information content (AvgIpc) is 3.04. The third-order valence-electron chi connectivity index (χ3n) is 3.09. The van der Waals surface area contributed by atoms with Crippen LogP contribution in [0.25, 0.3) is 10.1 Å². The van der Waals surface area contributed by atoms with E-state index in [9.17, 15) is 22.4 Å². The molecule has 0 bridgehead atoms. The van der Waals surface area contributed by atoms with Gasteiger partial charge < -0.3 is 0 Å². The maximum atomic E-state index is 13.8. The number of nitrogens with zero attached hydrogens (tertiary/aromatic N) is 2. The van der Waals surface area contributed by atoms with Crippen LogP contribution in [0.15, 0.2) is 18.2 Å². The maximum Gasteiger partial charge on any atom is 0.451 e. The van der Waals surface area contributed by atoms with Gasteiger partial charge in [0.25, 0.3) is 5.91 Å². The van der Waals surface area contributed by atoms with Crippen LogP contribution in [0.1, 0.15) is 21.1 Å². The summed E-state index contributed by atoms with van der Waals surface area (Å²) in [5.41, 5.74) is 0.409. The number of rotatable bonds is 2. The molecule has 0 spiro atoms. The number of alkyl halides is 3. The molecule has 0 aliphatic carbocycles. The van der Waals surface area contributed by atoms with Crippen LogP contribution in [0.5, 0.6) is 0 Å². The highest BCUT2D eigenvalue weighted by Crippen LogP contribution is 2.33. The van der Waals surface area contributed by atoms with Crippen LogP contribution >= 0.6 is 11.3 Å². The Labute approximate surface area is 130 Å². The first-order valence-corrected chi connectivity index (χ1v) is 7.07. The lowest BCUT2D eigenvalue weighted by Gasteiger charge is -2.00. The highest BCUT2D eigenvalue weighted by Gasteiger charge is 2.35. The third-order valence-corrected chi connectivity index (χ3v) is 4.34. The minimum absolute atomic E-state index is 0.184. The van der Waals surface area contributed by atoms with E-state index in [4.69, 9.17) is 0 Å². The fourth-order valence-corrected chi connectivity index (χ4v) is 3.19. The summed E-state index contributed by atoms with van der Waals surface area (Å²) in [6.07, 6.45) is -4.69. The Hall–Kier alpha value is -2.49. The lowest BCUT2D eigenvalue weighted by Crippen LogP contribution is -2.13. The second kappa shape index (κ2) is 5.30. The summed E-state index contributed by atoms with van der Waals surface area (Å²) in [6, 6.07) is 4.44. The highest BCUT2D eigenvalue weighted by atomic mass is 32.1. The fraction of sp³-hybridized carbons (Fsp3) is 0.154. The van der Waals surface area contributed by atoms with Gasteiger partial charge in [-0.3, -0.25) is 15.2 Å². The van der Waals surface area contributed by atoms with Gasteiger partial charge in [0.05, 0.1) is 4.88 Å². The highest BCUT2D eigenvalue weighted by molar-refractivity contribution is 7.21. The zero-order valence-corrected chi connectivity index (χ0v) is 12.3. The van der Waals surface area contributed by atoms with E-state index >= 15 is 0 Å². The van der Waals surface area contributed by atoms with Gasteiger partial charge in [0.2, 0.25) is 11.8 Å². The number of thiophene rings is 1. The molecule has 0 fully saturated rings. The van der Waals surface area contributed by atoms with Gasteiger partial charge in [-0.15, -0.1) is 16.4 Å². The first kappa shape index (κ1) is 15.4. The number of carbonyl (C=O) groups excluding carboxylic acids is 1. The van der Waals surface area contributed by atoms with Crippen molar-refractivity contribution < 1.29 is 22.4 Å². The van der Waals surface area contributed by atoms with Gasteiger partial charge in [-0.1, -0.05) is 6.07 Å². The minimum atomic E-state index is -4.69. The number of benzene rings is 1. The summed E-state index contributed by atoms with van der Waals surface area (Å²) in [5.74, 6) is -2.98. The van der Waals surface area contributed by atoms with E-state index in [-0.39, 0.29) is 4.88 Å². The lowest BCUT2D eigenvalue weighted by molar-refractivity contribution is -0.144. The Kier molecular flexibility index (Phi) is 3.55. The van der Waals surface area contributed by atoms with E-state index in [1.54, 1.807) is 18.1 Å². The van der Waals surface area contributed by atoms with Crippen LogP contribution < -0.4 is 5.32 Å². The first-order valence-electron chi connectivity index (χ1n) is 6.26. The van der Waals surface area contributed by atoms with Crippen LogP contribution in [0, 0.1) is 12.7 Å². The lowest BCUT2D eigenvalue weighted by atomic mass is 10.1. The fourth-order valence-electron chi connectivity index (χ4n) is 2.07. The molecule has 10 heteroatoms. The van der Waals surface area contributed by atoms with Gasteiger partial charge in [0.15, 0.2) is 0 Å². The normalized spacial score (nSPS) is 11.9. The molecule has 2 heterocycles. The number of hydrogen-bond acceptors (Lipinski definition) is 4. The molecule has 0 atom stereocenters. The van der Waals surface area contributed by atoms with Crippen LogP contribution in [-0.2, 0) is 6.18 Å². The van der Waals surface area contributed by atoms with Gasteiger partial charge >= 0.3 is 6.18 Å². The summed E-state index contributed by atoms with van der Waals surface area (Å²) in [4.78, 5) is 15.5. The van der Waals surface area contributed by atoms with Crippen molar-refractivity contribution in [2.45, 2.75) is 13.1 Å².